The molecule has 2 nitrogen and oxygen atoms in total. The van der Waals surface area contributed by atoms with Crippen molar-refractivity contribution in [1.82, 2.24) is 4.98 Å². The van der Waals surface area contributed by atoms with Crippen molar-refractivity contribution in [3.8, 4) is 5.88 Å². The molecule has 0 spiro atoms. The van der Waals surface area contributed by atoms with E-state index in [2.05, 4.69) is 27.6 Å². The molecule has 0 atom stereocenters. The Morgan fingerprint density at radius 1 is 1.21 bits per heavy atom. The maximum atomic E-state index is 5.80. The predicted octanol–water partition coefficient (Wildman–Crippen LogP) is 3.40. The van der Waals surface area contributed by atoms with Gasteiger partial charge in [0.15, 0.2) is 0 Å². The highest BCUT2D eigenvalue weighted by atomic mass is 127. The van der Waals surface area contributed by atoms with Crippen LogP contribution in [-0.4, -0.2) is 11.1 Å². The maximum Gasteiger partial charge on any atom is 0.213 e. The van der Waals surface area contributed by atoms with Gasteiger partial charge in [-0.15, -0.1) is 0 Å². The lowest BCUT2D eigenvalue weighted by Gasteiger charge is -2.22. The van der Waals surface area contributed by atoms with E-state index in [0.29, 0.717) is 6.10 Å². The SMILES string of the molecule is Ic1ccc(OC2CCCCC2)nc1. The van der Waals surface area contributed by atoms with Crippen molar-refractivity contribution in [2.24, 2.45) is 0 Å². The van der Waals surface area contributed by atoms with E-state index >= 15 is 0 Å². The van der Waals surface area contributed by atoms with Gasteiger partial charge in [-0.2, -0.15) is 0 Å². The summed E-state index contributed by atoms with van der Waals surface area (Å²) in [6.07, 6.45) is 8.58. The van der Waals surface area contributed by atoms with Crippen molar-refractivity contribution in [2.45, 2.75) is 38.2 Å². The Morgan fingerprint density at radius 2 is 2.00 bits per heavy atom. The van der Waals surface area contributed by atoms with Gasteiger partial charge in [0.05, 0.1) is 0 Å². The van der Waals surface area contributed by atoms with Crippen LogP contribution in [0.25, 0.3) is 0 Å². The van der Waals surface area contributed by atoms with E-state index in [1.807, 2.05) is 18.3 Å². The molecular weight excluding hydrogens is 289 g/mol. The van der Waals surface area contributed by atoms with Gasteiger partial charge in [-0.3, -0.25) is 0 Å². The molecule has 0 unspecified atom stereocenters. The van der Waals surface area contributed by atoms with Gasteiger partial charge in [0.2, 0.25) is 5.88 Å². The van der Waals surface area contributed by atoms with Crippen LogP contribution in [-0.2, 0) is 0 Å². The fraction of sp³-hybridized carbons (Fsp3) is 0.545. The molecule has 1 aliphatic carbocycles. The summed E-state index contributed by atoms with van der Waals surface area (Å²) >= 11 is 2.25. The van der Waals surface area contributed by atoms with E-state index < -0.39 is 0 Å². The van der Waals surface area contributed by atoms with Gasteiger partial charge in [-0.25, -0.2) is 4.98 Å². The highest BCUT2D eigenvalue weighted by molar-refractivity contribution is 14.1. The number of nitrogens with zero attached hydrogens (tertiary/aromatic N) is 1. The predicted molar refractivity (Wildman–Crippen MR) is 64.5 cm³/mol. The standard InChI is InChI=1S/C11H14INO/c12-9-6-7-11(13-8-9)14-10-4-2-1-3-5-10/h6-8,10H,1-5H2. The number of hydrogen-bond donors (Lipinski definition) is 0. The summed E-state index contributed by atoms with van der Waals surface area (Å²) in [5.74, 6) is 0.775. The van der Waals surface area contributed by atoms with Crippen LogP contribution in [0.15, 0.2) is 18.3 Å². The molecule has 0 N–H and O–H groups in total. The quantitative estimate of drug-likeness (QED) is 0.781. The third-order valence-corrected chi connectivity index (χ3v) is 3.18. The Kier molecular flexibility index (Phi) is 3.61. The number of ether oxygens (including phenoxy) is 1. The largest absolute Gasteiger partial charge is 0.474 e. The molecule has 14 heavy (non-hydrogen) atoms. The van der Waals surface area contributed by atoms with Crippen LogP contribution in [0.4, 0.5) is 0 Å². The van der Waals surface area contributed by atoms with Gasteiger partial charge in [-0.05, 0) is 54.3 Å². The van der Waals surface area contributed by atoms with Crippen LogP contribution in [0.5, 0.6) is 5.88 Å². The molecule has 76 valence electrons. The smallest absolute Gasteiger partial charge is 0.213 e. The summed E-state index contributed by atoms with van der Waals surface area (Å²) in [6, 6.07) is 3.99. The molecule has 1 fully saturated rings. The fourth-order valence-electron chi connectivity index (χ4n) is 1.79. The van der Waals surface area contributed by atoms with Gasteiger partial charge in [0.25, 0.3) is 0 Å². The van der Waals surface area contributed by atoms with Crippen LogP contribution >= 0.6 is 22.6 Å². The van der Waals surface area contributed by atoms with Crippen molar-refractivity contribution in [1.29, 1.82) is 0 Å². The molecule has 2 rings (SSSR count). The lowest BCUT2D eigenvalue weighted by atomic mass is 9.98. The first kappa shape index (κ1) is 10.2. The molecule has 1 heterocycles. The van der Waals surface area contributed by atoms with E-state index in [0.717, 1.165) is 9.45 Å². The van der Waals surface area contributed by atoms with Gasteiger partial charge in [0, 0.05) is 15.8 Å². The Balaban J connectivity index is 1.92. The molecule has 0 aromatic carbocycles. The minimum absolute atomic E-state index is 0.399. The molecule has 1 saturated carbocycles. The van der Waals surface area contributed by atoms with Gasteiger partial charge < -0.3 is 4.74 Å². The highest BCUT2D eigenvalue weighted by Gasteiger charge is 2.14. The van der Waals surface area contributed by atoms with E-state index in [4.69, 9.17) is 4.74 Å². The maximum absolute atomic E-state index is 5.80. The molecule has 1 aliphatic rings. The highest BCUT2D eigenvalue weighted by Crippen LogP contribution is 2.22. The molecule has 3 heteroatoms. The number of pyridine rings is 1. The summed E-state index contributed by atoms with van der Waals surface area (Å²) in [5, 5.41) is 0. The fourth-order valence-corrected chi connectivity index (χ4v) is 2.10. The van der Waals surface area contributed by atoms with Crippen LogP contribution < -0.4 is 4.74 Å². The molecule has 0 bridgehead atoms. The zero-order valence-electron chi connectivity index (χ0n) is 8.08. The number of rotatable bonds is 2. The topological polar surface area (TPSA) is 22.1 Å². The van der Waals surface area contributed by atoms with E-state index in [1.54, 1.807) is 0 Å². The first-order valence-corrected chi connectivity index (χ1v) is 6.21. The lowest BCUT2D eigenvalue weighted by molar-refractivity contribution is 0.148. The zero-order chi connectivity index (χ0) is 9.80. The Bertz CT molecular complexity index is 280. The molecule has 0 saturated heterocycles. The molecule has 0 amide bonds. The van der Waals surface area contributed by atoms with Crippen molar-refractivity contribution in [3.05, 3.63) is 21.9 Å². The van der Waals surface area contributed by atoms with E-state index in [-0.39, 0.29) is 0 Å². The third-order valence-electron chi connectivity index (χ3n) is 2.54. The minimum atomic E-state index is 0.399. The van der Waals surface area contributed by atoms with Crippen molar-refractivity contribution < 1.29 is 4.74 Å². The monoisotopic (exact) mass is 303 g/mol. The Labute approximate surface area is 98.2 Å². The van der Waals surface area contributed by atoms with E-state index in [1.165, 1.54) is 32.1 Å². The first-order chi connectivity index (χ1) is 6.84. The summed E-state index contributed by atoms with van der Waals surface area (Å²) in [5.41, 5.74) is 0. The van der Waals surface area contributed by atoms with E-state index in [9.17, 15) is 0 Å². The van der Waals surface area contributed by atoms with Crippen LogP contribution in [0.3, 0.4) is 0 Å². The second-order valence-corrected chi connectivity index (χ2v) is 4.94. The molecule has 0 aliphatic heterocycles. The van der Waals surface area contributed by atoms with Crippen LogP contribution in [0.1, 0.15) is 32.1 Å². The summed E-state index contributed by atoms with van der Waals surface area (Å²) in [6.45, 7) is 0. The second-order valence-electron chi connectivity index (χ2n) is 3.69. The molecule has 1 aromatic rings. The Morgan fingerprint density at radius 3 is 2.64 bits per heavy atom. The zero-order valence-corrected chi connectivity index (χ0v) is 10.2. The number of hydrogen-bond acceptors (Lipinski definition) is 2. The number of aromatic nitrogens is 1. The van der Waals surface area contributed by atoms with Crippen molar-refractivity contribution in [2.75, 3.05) is 0 Å². The molecule has 0 radical (unpaired) electrons. The Hall–Kier alpha value is -0.320. The van der Waals surface area contributed by atoms with Crippen molar-refractivity contribution >= 4 is 22.6 Å². The van der Waals surface area contributed by atoms with Crippen LogP contribution in [0, 0.1) is 3.57 Å². The lowest BCUT2D eigenvalue weighted by Crippen LogP contribution is -2.20. The summed E-state index contributed by atoms with van der Waals surface area (Å²) in [7, 11) is 0. The third kappa shape index (κ3) is 2.83. The van der Waals surface area contributed by atoms with Crippen LogP contribution in [0.2, 0.25) is 0 Å². The summed E-state index contributed by atoms with van der Waals surface area (Å²) < 4.78 is 6.95. The van der Waals surface area contributed by atoms with Crippen molar-refractivity contribution in [3.63, 3.8) is 0 Å². The van der Waals surface area contributed by atoms with Gasteiger partial charge >= 0.3 is 0 Å². The molecule has 1 aromatic heterocycles. The van der Waals surface area contributed by atoms with Gasteiger partial charge in [-0.1, -0.05) is 6.42 Å². The first-order valence-electron chi connectivity index (χ1n) is 5.13. The normalized spacial score (nSPS) is 18.1. The van der Waals surface area contributed by atoms with Gasteiger partial charge in [0.1, 0.15) is 6.10 Å². The average Bonchev–Trinajstić information content (AvgIpc) is 2.23. The second kappa shape index (κ2) is 4.96. The molecular formula is C11H14INO. The minimum Gasteiger partial charge on any atom is -0.474 e. The average molecular weight is 303 g/mol. The number of halogens is 1. The summed E-state index contributed by atoms with van der Waals surface area (Å²) in [4.78, 5) is 4.24.